The first kappa shape index (κ1) is 11.0. The van der Waals surface area contributed by atoms with E-state index in [4.69, 9.17) is 5.73 Å². The molecule has 0 aliphatic rings. The molecule has 0 spiro atoms. The molecule has 0 radical (unpaired) electrons. The van der Waals surface area contributed by atoms with Gasteiger partial charge in [0.2, 0.25) is 0 Å². The van der Waals surface area contributed by atoms with E-state index in [2.05, 4.69) is 5.10 Å². The van der Waals surface area contributed by atoms with E-state index < -0.39 is 11.9 Å². The van der Waals surface area contributed by atoms with E-state index in [9.17, 15) is 13.2 Å². The van der Waals surface area contributed by atoms with Crippen LogP contribution in [0.15, 0.2) is 6.20 Å². The summed E-state index contributed by atoms with van der Waals surface area (Å²) < 4.78 is 38.3. The Balaban J connectivity index is 3.03. The van der Waals surface area contributed by atoms with Gasteiger partial charge in [-0.3, -0.25) is 4.68 Å². The average Bonchev–Trinajstić information content (AvgIpc) is 2.28. The van der Waals surface area contributed by atoms with Crippen molar-refractivity contribution in [3.63, 3.8) is 0 Å². The minimum Gasteiger partial charge on any atom is -0.328 e. The summed E-state index contributed by atoms with van der Waals surface area (Å²) in [5.74, 6) is 0. The van der Waals surface area contributed by atoms with Gasteiger partial charge in [-0.15, -0.1) is 0 Å². The van der Waals surface area contributed by atoms with E-state index in [1.165, 1.54) is 13.2 Å². The number of nitrogens with zero attached hydrogens (tertiary/aromatic N) is 2. The van der Waals surface area contributed by atoms with Gasteiger partial charge in [0.1, 0.15) is 0 Å². The van der Waals surface area contributed by atoms with Crippen molar-refractivity contribution in [1.29, 1.82) is 0 Å². The SMILES string of the molecule is C[C@H](N)Cc1cn(C)nc1C(F)(F)F. The molecule has 3 nitrogen and oxygen atoms in total. The molecule has 14 heavy (non-hydrogen) atoms. The summed E-state index contributed by atoms with van der Waals surface area (Å²) in [4.78, 5) is 0. The second-order valence-corrected chi connectivity index (χ2v) is 3.36. The van der Waals surface area contributed by atoms with Gasteiger partial charge in [0.05, 0.1) is 0 Å². The molecule has 0 bridgehead atoms. The molecule has 0 aromatic carbocycles. The van der Waals surface area contributed by atoms with Crippen LogP contribution in [-0.4, -0.2) is 15.8 Å². The Morgan fingerprint density at radius 3 is 2.57 bits per heavy atom. The van der Waals surface area contributed by atoms with Crippen molar-refractivity contribution >= 4 is 0 Å². The predicted molar refractivity (Wildman–Crippen MR) is 45.6 cm³/mol. The zero-order valence-corrected chi connectivity index (χ0v) is 7.97. The van der Waals surface area contributed by atoms with Gasteiger partial charge in [-0.1, -0.05) is 0 Å². The molecule has 1 aromatic heterocycles. The van der Waals surface area contributed by atoms with Crippen LogP contribution in [0.25, 0.3) is 0 Å². The first-order chi connectivity index (χ1) is 6.30. The summed E-state index contributed by atoms with van der Waals surface area (Å²) in [5, 5.41) is 3.37. The molecule has 0 amide bonds. The van der Waals surface area contributed by atoms with E-state index in [0.717, 1.165) is 4.68 Å². The van der Waals surface area contributed by atoms with Crippen LogP contribution in [0.2, 0.25) is 0 Å². The quantitative estimate of drug-likeness (QED) is 0.795. The van der Waals surface area contributed by atoms with E-state index >= 15 is 0 Å². The lowest BCUT2D eigenvalue weighted by Crippen LogP contribution is -2.20. The third-order valence-corrected chi connectivity index (χ3v) is 1.71. The number of aromatic nitrogens is 2. The summed E-state index contributed by atoms with van der Waals surface area (Å²) in [5.41, 5.74) is 4.75. The molecule has 0 saturated carbocycles. The van der Waals surface area contributed by atoms with Crippen LogP contribution in [0.3, 0.4) is 0 Å². The van der Waals surface area contributed by atoms with Crippen LogP contribution < -0.4 is 5.73 Å². The Kier molecular flexibility index (Phi) is 2.84. The molecule has 1 heterocycles. The van der Waals surface area contributed by atoms with Crippen LogP contribution in [0.5, 0.6) is 0 Å². The van der Waals surface area contributed by atoms with Crippen molar-refractivity contribution in [1.82, 2.24) is 9.78 Å². The predicted octanol–water partition coefficient (Wildman–Crippen LogP) is 1.33. The average molecular weight is 207 g/mol. The van der Waals surface area contributed by atoms with Crippen molar-refractivity contribution in [3.05, 3.63) is 17.5 Å². The molecule has 0 fully saturated rings. The number of rotatable bonds is 2. The molecular formula is C8H12F3N3. The normalized spacial score (nSPS) is 14.4. The minimum absolute atomic E-state index is 0.148. The minimum atomic E-state index is -4.40. The largest absolute Gasteiger partial charge is 0.435 e. The van der Waals surface area contributed by atoms with Gasteiger partial charge in [0.15, 0.2) is 5.69 Å². The molecule has 0 aliphatic heterocycles. The van der Waals surface area contributed by atoms with E-state index in [1.54, 1.807) is 6.92 Å². The van der Waals surface area contributed by atoms with Crippen molar-refractivity contribution < 1.29 is 13.2 Å². The van der Waals surface area contributed by atoms with Crippen molar-refractivity contribution in [2.45, 2.75) is 25.6 Å². The lowest BCUT2D eigenvalue weighted by molar-refractivity contribution is -0.142. The summed E-state index contributed by atoms with van der Waals surface area (Å²) in [6, 6.07) is -0.305. The number of hydrogen-bond donors (Lipinski definition) is 1. The van der Waals surface area contributed by atoms with Crippen molar-refractivity contribution in [2.24, 2.45) is 12.8 Å². The third kappa shape index (κ3) is 2.47. The monoisotopic (exact) mass is 207 g/mol. The zero-order valence-electron chi connectivity index (χ0n) is 7.97. The Morgan fingerprint density at radius 2 is 2.14 bits per heavy atom. The third-order valence-electron chi connectivity index (χ3n) is 1.71. The fourth-order valence-electron chi connectivity index (χ4n) is 1.27. The fourth-order valence-corrected chi connectivity index (χ4v) is 1.27. The summed E-state index contributed by atoms with van der Waals surface area (Å²) in [6.45, 7) is 1.66. The summed E-state index contributed by atoms with van der Waals surface area (Å²) in [6.07, 6.45) is -2.86. The smallest absolute Gasteiger partial charge is 0.328 e. The number of aryl methyl sites for hydroxylation is 1. The number of hydrogen-bond acceptors (Lipinski definition) is 2. The van der Waals surface area contributed by atoms with Crippen LogP contribution >= 0.6 is 0 Å². The van der Waals surface area contributed by atoms with Gasteiger partial charge in [-0.2, -0.15) is 18.3 Å². The maximum absolute atomic E-state index is 12.4. The van der Waals surface area contributed by atoms with E-state index in [0.29, 0.717) is 0 Å². The molecule has 1 atom stereocenters. The summed E-state index contributed by atoms with van der Waals surface area (Å²) in [7, 11) is 1.46. The molecule has 80 valence electrons. The van der Waals surface area contributed by atoms with Crippen LogP contribution in [0.4, 0.5) is 13.2 Å². The van der Waals surface area contributed by atoms with Gasteiger partial charge in [0, 0.05) is 24.8 Å². The summed E-state index contributed by atoms with van der Waals surface area (Å²) >= 11 is 0. The maximum Gasteiger partial charge on any atom is 0.435 e. The standard InChI is InChI=1S/C8H12F3N3/c1-5(12)3-6-4-14(2)13-7(6)8(9,10)11/h4-5H,3,12H2,1-2H3/t5-/m0/s1. The fraction of sp³-hybridized carbons (Fsp3) is 0.625. The molecule has 0 saturated heterocycles. The van der Waals surface area contributed by atoms with Gasteiger partial charge in [-0.05, 0) is 13.3 Å². The molecule has 1 aromatic rings. The van der Waals surface area contributed by atoms with Gasteiger partial charge >= 0.3 is 6.18 Å². The van der Waals surface area contributed by atoms with Crippen molar-refractivity contribution in [2.75, 3.05) is 0 Å². The molecule has 0 aliphatic carbocycles. The molecule has 0 unspecified atom stereocenters. The highest BCUT2D eigenvalue weighted by Gasteiger charge is 2.36. The lowest BCUT2D eigenvalue weighted by Gasteiger charge is -2.07. The van der Waals surface area contributed by atoms with Crippen LogP contribution in [0.1, 0.15) is 18.2 Å². The highest BCUT2D eigenvalue weighted by Crippen LogP contribution is 2.30. The Labute approximate surface area is 79.7 Å². The number of alkyl halides is 3. The zero-order chi connectivity index (χ0) is 10.9. The molecule has 1 rings (SSSR count). The van der Waals surface area contributed by atoms with Gasteiger partial charge < -0.3 is 5.73 Å². The van der Waals surface area contributed by atoms with Crippen LogP contribution in [0, 0.1) is 0 Å². The first-order valence-electron chi connectivity index (χ1n) is 4.16. The highest BCUT2D eigenvalue weighted by molar-refractivity contribution is 5.20. The van der Waals surface area contributed by atoms with Crippen LogP contribution in [-0.2, 0) is 19.6 Å². The lowest BCUT2D eigenvalue weighted by atomic mass is 10.1. The van der Waals surface area contributed by atoms with Crippen molar-refractivity contribution in [3.8, 4) is 0 Å². The number of halogens is 3. The van der Waals surface area contributed by atoms with E-state index in [1.807, 2.05) is 0 Å². The Morgan fingerprint density at radius 1 is 1.57 bits per heavy atom. The molecular weight excluding hydrogens is 195 g/mol. The first-order valence-corrected chi connectivity index (χ1v) is 4.16. The second-order valence-electron chi connectivity index (χ2n) is 3.36. The topological polar surface area (TPSA) is 43.8 Å². The number of nitrogens with two attached hydrogens (primary N) is 1. The van der Waals surface area contributed by atoms with Gasteiger partial charge in [-0.25, -0.2) is 0 Å². The Hall–Kier alpha value is -1.04. The maximum atomic E-state index is 12.4. The second kappa shape index (κ2) is 3.61. The van der Waals surface area contributed by atoms with Gasteiger partial charge in [0.25, 0.3) is 0 Å². The highest BCUT2D eigenvalue weighted by atomic mass is 19.4. The molecule has 2 N–H and O–H groups in total. The Bertz CT molecular complexity index is 314. The molecule has 6 heteroatoms. The van der Waals surface area contributed by atoms with E-state index in [-0.39, 0.29) is 18.0 Å².